The summed E-state index contributed by atoms with van der Waals surface area (Å²) in [6.45, 7) is 4.54. The Kier molecular flexibility index (Phi) is 4.92. The first-order valence-electron chi connectivity index (χ1n) is 8.13. The maximum absolute atomic E-state index is 14.3. The van der Waals surface area contributed by atoms with Crippen LogP contribution in [0.4, 0.5) is 4.39 Å². The number of primary amides is 1. The molecule has 0 radical (unpaired) electrons. The van der Waals surface area contributed by atoms with E-state index in [0.717, 1.165) is 6.07 Å². The second-order valence-corrected chi connectivity index (χ2v) is 6.73. The van der Waals surface area contributed by atoms with Crippen molar-refractivity contribution in [3.05, 3.63) is 64.7 Å². The summed E-state index contributed by atoms with van der Waals surface area (Å²) in [4.78, 5) is 17.2. The van der Waals surface area contributed by atoms with Gasteiger partial charge < -0.3 is 15.7 Å². The van der Waals surface area contributed by atoms with E-state index in [1.807, 2.05) is 11.9 Å². The van der Waals surface area contributed by atoms with Gasteiger partial charge in [-0.25, -0.2) is 9.37 Å². The molecule has 1 aromatic heterocycles. The van der Waals surface area contributed by atoms with E-state index < -0.39 is 17.3 Å². The number of likely N-dealkylation sites (tertiary alicyclic amines) is 1. The quantitative estimate of drug-likeness (QED) is 0.779. The van der Waals surface area contributed by atoms with Crippen molar-refractivity contribution in [1.82, 2.24) is 9.88 Å². The number of nitrogens with two attached hydrogens (primary N) is 1. The Morgan fingerprint density at radius 3 is 2.85 bits per heavy atom. The third kappa shape index (κ3) is 3.65. The number of likely N-dealkylation sites (N-methyl/N-ethyl adjacent to an activating group) is 1. The van der Waals surface area contributed by atoms with E-state index in [-0.39, 0.29) is 16.4 Å². The van der Waals surface area contributed by atoms with Crippen LogP contribution in [0.25, 0.3) is 11.3 Å². The Balaban J connectivity index is 1.99. The Morgan fingerprint density at radius 2 is 2.22 bits per heavy atom. The van der Waals surface area contributed by atoms with Crippen LogP contribution in [0.5, 0.6) is 0 Å². The number of hydrogen-bond donors (Lipinski definition) is 2. The average Bonchev–Trinajstić information content (AvgIpc) is 2.88. The summed E-state index contributed by atoms with van der Waals surface area (Å²) in [5.74, 6) is 4.22. The van der Waals surface area contributed by atoms with Gasteiger partial charge in [-0.3, -0.25) is 4.79 Å². The highest BCUT2D eigenvalue weighted by Gasteiger charge is 2.36. The van der Waals surface area contributed by atoms with Crippen molar-refractivity contribution >= 4 is 17.5 Å². The molecule has 3 N–H and O–H groups in total. The molecule has 0 aliphatic carbocycles. The average molecular weight is 386 g/mol. The topological polar surface area (TPSA) is 79.4 Å². The minimum atomic E-state index is -1.28. The third-order valence-electron chi connectivity index (χ3n) is 4.46. The van der Waals surface area contributed by atoms with Gasteiger partial charge in [-0.05, 0) is 18.2 Å². The third-order valence-corrected chi connectivity index (χ3v) is 4.75. The summed E-state index contributed by atoms with van der Waals surface area (Å²) in [7, 11) is 1.84. The maximum Gasteiger partial charge on any atom is 0.268 e. The fraction of sp³-hybridized carbons (Fsp3) is 0.200. The monoisotopic (exact) mass is 385 g/mol. The van der Waals surface area contributed by atoms with Crippen LogP contribution in [0, 0.1) is 17.7 Å². The minimum absolute atomic E-state index is 0.0550. The van der Waals surface area contributed by atoms with Crippen LogP contribution >= 0.6 is 11.6 Å². The SMILES string of the molecule is C=C1N(C)CC[C@@]1(O)C#Cc1cccc(-c2nc(C(N)=O)c(Cl)cc2F)c1. The number of pyridine rings is 1. The second kappa shape index (κ2) is 7.03. The van der Waals surface area contributed by atoms with Gasteiger partial charge in [0.1, 0.15) is 11.4 Å². The molecule has 2 heterocycles. The number of carbonyl (C=O) groups is 1. The summed E-state index contributed by atoms with van der Waals surface area (Å²) >= 11 is 5.81. The zero-order valence-electron chi connectivity index (χ0n) is 14.6. The minimum Gasteiger partial charge on any atom is -0.375 e. The first-order chi connectivity index (χ1) is 12.7. The predicted octanol–water partition coefficient (Wildman–Crippen LogP) is 2.57. The molecule has 7 heteroatoms. The van der Waals surface area contributed by atoms with Crippen LogP contribution in [0.15, 0.2) is 42.6 Å². The smallest absolute Gasteiger partial charge is 0.268 e. The zero-order chi connectivity index (χ0) is 19.8. The van der Waals surface area contributed by atoms with Crippen LogP contribution in [0.3, 0.4) is 0 Å². The molecule has 1 fully saturated rings. The molecular formula is C20H17ClFN3O2. The molecule has 138 valence electrons. The van der Waals surface area contributed by atoms with E-state index in [9.17, 15) is 14.3 Å². The largest absolute Gasteiger partial charge is 0.375 e. The first kappa shape index (κ1) is 18.9. The molecule has 3 rings (SSSR count). The van der Waals surface area contributed by atoms with E-state index >= 15 is 0 Å². The lowest BCUT2D eigenvalue weighted by Crippen LogP contribution is -2.26. The summed E-state index contributed by atoms with van der Waals surface area (Å²) in [6, 6.07) is 7.65. The number of amides is 1. The number of hydrogen-bond acceptors (Lipinski definition) is 4. The predicted molar refractivity (Wildman–Crippen MR) is 101 cm³/mol. The van der Waals surface area contributed by atoms with E-state index in [2.05, 4.69) is 23.4 Å². The zero-order valence-corrected chi connectivity index (χ0v) is 15.3. The van der Waals surface area contributed by atoms with Gasteiger partial charge >= 0.3 is 0 Å². The Labute approximate surface area is 161 Å². The number of aliphatic hydroxyl groups is 1. The van der Waals surface area contributed by atoms with Gasteiger partial charge in [-0.1, -0.05) is 42.2 Å². The van der Waals surface area contributed by atoms with E-state index in [0.29, 0.717) is 29.8 Å². The van der Waals surface area contributed by atoms with Crippen molar-refractivity contribution in [2.75, 3.05) is 13.6 Å². The molecule has 1 amide bonds. The molecular weight excluding hydrogens is 369 g/mol. The van der Waals surface area contributed by atoms with Gasteiger partial charge in [-0.15, -0.1) is 0 Å². The molecule has 27 heavy (non-hydrogen) atoms. The highest BCUT2D eigenvalue weighted by molar-refractivity contribution is 6.33. The van der Waals surface area contributed by atoms with Gasteiger partial charge in [0.15, 0.2) is 11.4 Å². The Hall–Kier alpha value is -2.88. The lowest BCUT2D eigenvalue weighted by Gasteiger charge is -2.19. The molecule has 2 aromatic rings. The first-order valence-corrected chi connectivity index (χ1v) is 8.51. The van der Waals surface area contributed by atoms with Gasteiger partial charge in [-0.2, -0.15) is 0 Å². The van der Waals surface area contributed by atoms with Crippen molar-refractivity contribution in [3.8, 4) is 23.1 Å². The second-order valence-electron chi connectivity index (χ2n) is 6.32. The maximum atomic E-state index is 14.3. The van der Waals surface area contributed by atoms with Gasteiger partial charge in [0.2, 0.25) is 0 Å². The van der Waals surface area contributed by atoms with Gasteiger partial charge in [0.25, 0.3) is 5.91 Å². The van der Waals surface area contributed by atoms with Gasteiger partial charge in [0, 0.05) is 31.1 Å². The summed E-state index contributed by atoms with van der Waals surface area (Å²) in [5, 5.41) is 10.4. The molecule has 0 bridgehead atoms. The van der Waals surface area contributed by atoms with Crippen LogP contribution in [0.1, 0.15) is 22.5 Å². The van der Waals surface area contributed by atoms with Gasteiger partial charge in [0.05, 0.1) is 10.7 Å². The molecule has 5 nitrogen and oxygen atoms in total. The summed E-state index contributed by atoms with van der Waals surface area (Å²) in [6.07, 6.45) is 0.463. The van der Waals surface area contributed by atoms with E-state index in [1.54, 1.807) is 24.3 Å². The Morgan fingerprint density at radius 1 is 1.48 bits per heavy atom. The van der Waals surface area contributed by atoms with Crippen LogP contribution in [-0.2, 0) is 0 Å². The fourth-order valence-electron chi connectivity index (χ4n) is 2.82. The van der Waals surface area contributed by atoms with Crippen molar-refractivity contribution in [1.29, 1.82) is 0 Å². The highest BCUT2D eigenvalue weighted by atomic mass is 35.5. The van der Waals surface area contributed by atoms with Crippen LogP contribution in [-0.4, -0.2) is 40.1 Å². The molecule has 1 saturated heterocycles. The van der Waals surface area contributed by atoms with Crippen molar-refractivity contribution < 1.29 is 14.3 Å². The molecule has 1 aliphatic rings. The molecule has 1 aliphatic heterocycles. The molecule has 0 spiro atoms. The van der Waals surface area contributed by atoms with Crippen molar-refractivity contribution in [2.24, 2.45) is 5.73 Å². The Bertz CT molecular complexity index is 1010. The molecule has 1 atom stereocenters. The molecule has 0 saturated carbocycles. The van der Waals surface area contributed by atoms with Crippen molar-refractivity contribution in [2.45, 2.75) is 12.0 Å². The number of nitrogens with zero attached hydrogens (tertiary/aromatic N) is 2. The summed E-state index contributed by atoms with van der Waals surface area (Å²) in [5.41, 5.74) is 5.19. The highest BCUT2D eigenvalue weighted by Crippen LogP contribution is 2.29. The fourth-order valence-corrected chi connectivity index (χ4v) is 3.05. The number of aromatic nitrogens is 1. The van der Waals surface area contributed by atoms with E-state index in [1.165, 1.54) is 0 Å². The van der Waals surface area contributed by atoms with Crippen LogP contribution in [0.2, 0.25) is 5.02 Å². The standard InChI is InChI=1S/C20H17ClFN3O2/c1-12-20(27,8-9-25(12)2)7-6-13-4-3-5-14(10-13)17-16(22)11-15(21)18(24-17)19(23)26/h3-5,10-11,27H,1,8-9H2,2H3,(H2,23,26)/t20-/m0/s1. The molecule has 0 unspecified atom stereocenters. The number of benzene rings is 1. The van der Waals surface area contributed by atoms with Crippen molar-refractivity contribution in [3.63, 3.8) is 0 Å². The number of carbonyl (C=O) groups excluding carboxylic acids is 1. The lowest BCUT2D eigenvalue weighted by atomic mass is 10.00. The normalized spacial score (nSPS) is 19.0. The summed E-state index contributed by atoms with van der Waals surface area (Å²) < 4.78 is 14.3. The van der Waals surface area contributed by atoms with E-state index in [4.69, 9.17) is 17.3 Å². The van der Waals surface area contributed by atoms with Crippen LogP contribution < -0.4 is 5.73 Å². The lowest BCUT2D eigenvalue weighted by molar-refractivity contribution is 0.0995. The molecule has 1 aromatic carbocycles. The number of halogens is 2. The number of rotatable bonds is 2.